The zero-order valence-corrected chi connectivity index (χ0v) is 17.9. The first-order valence-electron chi connectivity index (χ1n) is 10.1. The van der Waals surface area contributed by atoms with Crippen LogP contribution in [-0.4, -0.2) is 37.9 Å². The quantitative estimate of drug-likeness (QED) is 0.422. The second-order valence-corrected chi connectivity index (χ2v) is 8.30. The Morgan fingerprint density at radius 3 is 2.28 bits per heavy atom. The lowest BCUT2D eigenvalue weighted by Crippen LogP contribution is -2.35. The summed E-state index contributed by atoms with van der Waals surface area (Å²) in [6.07, 6.45) is 5.29. The van der Waals surface area contributed by atoms with Crippen molar-refractivity contribution in [3.8, 4) is 0 Å². The molecule has 25 heavy (non-hydrogen) atoms. The molecule has 0 aromatic heterocycles. The van der Waals surface area contributed by atoms with E-state index in [-0.39, 0.29) is 11.5 Å². The van der Waals surface area contributed by atoms with E-state index in [2.05, 4.69) is 46.9 Å². The van der Waals surface area contributed by atoms with Crippen LogP contribution in [0.15, 0.2) is 0 Å². The maximum absolute atomic E-state index is 11.9. The number of hydrogen-bond acceptors (Lipinski definition) is 3. The van der Waals surface area contributed by atoms with Gasteiger partial charge in [0.2, 0.25) is 5.91 Å². The van der Waals surface area contributed by atoms with Crippen LogP contribution in [0.25, 0.3) is 0 Å². The Labute approximate surface area is 156 Å². The molecule has 0 aromatic carbocycles. The summed E-state index contributed by atoms with van der Waals surface area (Å²) in [5.41, 5.74) is 0.139. The summed E-state index contributed by atoms with van der Waals surface area (Å²) in [7, 11) is 0. The van der Waals surface area contributed by atoms with Crippen LogP contribution in [0.3, 0.4) is 0 Å². The standard InChI is InChI=1S/C21H43NO3/c1-8-21(7,25-17-14-20(5,6)18(3)4)13-15-22-19(23)12-10-11-16-24-9-2/h18H,8-17H2,1-7H3,(H,22,23). The Morgan fingerprint density at radius 1 is 1.04 bits per heavy atom. The van der Waals surface area contributed by atoms with Gasteiger partial charge in [0.1, 0.15) is 0 Å². The number of rotatable bonds is 15. The van der Waals surface area contributed by atoms with Crippen molar-refractivity contribution in [1.82, 2.24) is 5.32 Å². The molecular weight excluding hydrogens is 314 g/mol. The normalized spacial score (nSPS) is 14.6. The van der Waals surface area contributed by atoms with Crippen molar-refractivity contribution in [1.29, 1.82) is 0 Å². The minimum Gasteiger partial charge on any atom is -0.382 e. The lowest BCUT2D eigenvalue weighted by atomic mass is 9.78. The van der Waals surface area contributed by atoms with E-state index in [0.717, 1.165) is 51.9 Å². The highest BCUT2D eigenvalue weighted by molar-refractivity contribution is 5.75. The maximum atomic E-state index is 11.9. The third kappa shape index (κ3) is 11.6. The first-order valence-corrected chi connectivity index (χ1v) is 10.1. The van der Waals surface area contributed by atoms with Gasteiger partial charge in [-0.1, -0.05) is 34.6 Å². The Hall–Kier alpha value is -0.610. The van der Waals surface area contributed by atoms with Crippen LogP contribution in [0.2, 0.25) is 0 Å². The zero-order chi connectivity index (χ0) is 19.3. The first-order chi connectivity index (χ1) is 11.7. The number of carbonyl (C=O) groups is 1. The zero-order valence-electron chi connectivity index (χ0n) is 17.9. The maximum Gasteiger partial charge on any atom is 0.219 e. The van der Waals surface area contributed by atoms with Gasteiger partial charge >= 0.3 is 0 Å². The minimum atomic E-state index is -0.157. The Morgan fingerprint density at radius 2 is 1.72 bits per heavy atom. The molecule has 1 atom stereocenters. The number of amides is 1. The molecule has 0 bridgehead atoms. The molecule has 4 heteroatoms. The number of unbranched alkanes of at least 4 members (excludes halogenated alkanes) is 1. The molecule has 0 rings (SSSR count). The molecule has 0 saturated carbocycles. The van der Waals surface area contributed by atoms with Crippen molar-refractivity contribution < 1.29 is 14.3 Å². The topological polar surface area (TPSA) is 47.6 Å². The van der Waals surface area contributed by atoms with Crippen LogP contribution in [0, 0.1) is 11.3 Å². The molecule has 0 fully saturated rings. The lowest BCUT2D eigenvalue weighted by Gasteiger charge is -2.33. The summed E-state index contributed by atoms with van der Waals surface area (Å²) in [6, 6.07) is 0. The van der Waals surface area contributed by atoms with Gasteiger partial charge in [0.25, 0.3) is 0 Å². The van der Waals surface area contributed by atoms with Crippen LogP contribution in [0.4, 0.5) is 0 Å². The SMILES string of the molecule is CCOCCCCC(=O)NCCC(C)(CC)OCCC(C)(C)C(C)C. The monoisotopic (exact) mass is 357 g/mol. The van der Waals surface area contributed by atoms with Gasteiger partial charge in [-0.15, -0.1) is 0 Å². The smallest absolute Gasteiger partial charge is 0.219 e. The molecule has 0 spiro atoms. The van der Waals surface area contributed by atoms with E-state index in [0.29, 0.717) is 24.3 Å². The third-order valence-corrected chi connectivity index (χ3v) is 5.63. The summed E-state index contributed by atoms with van der Waals surface area (Å²) < 4.78 is 11.5. The fourth-order valence-corrected chi connectivity index (χ4v) is 2.39. The van der Waals surface area contributed by atoms with Crippen LogP contribution < -0.4 is 5.32 Å². The molecule has 0 radical (unpaired) electrons. The molecule has 0 aromatic rings. The van der Waals surface area contributed by atoms with E-state index in [4.69, 9.17) is 9.47 Å². The lowest BCUT2D eigenvalue weighted by molar-refractivity contribution is -0.121. The summed E-state index contributed by atoms with van der Waals surface area (Å²) in [6.45, 7) is 18.4. The number of nitrogens with one attached hydrogen (secondary N) is 1. The average molecular weight is 358 g/mol. The molecule has 4 nitrogen and oxygen atoms in total. The van der Waals surface area contributed by atoms with Crippen molar-refractivity contribution in [3.63, 3.8) is 0 Å². The minimum absolute atomic E-state index is 0.135. The van der Waals surface area contributed by atoms with Crippen molar-refractivity contribution in [2.45, 2.75) is 92.6 Å². The molecule has 150 valence electrons. The van der Waals surface area contributed by atoms with Gasteiger partial charge in [0.05, 0.1) is 5.60 Å². The van der Waals surface area contributed by atoms with Gasteiger partial charge in [-0.3, -0.25) is 4.79 Å². The number of carbonyl (C=O) groups excluding carboxylic acids is 1. The van der Waals surface area contributed by atoms with Gasteiger partial charge in [0.15, 0.2) is 0 Å². The highest BCUT2D eigenvalue weighted by atomic mass is 16.5. The second-order valence-electron chi connectivity index (χ2n) is 8.30. The van der Waals surface area contributed by atoms with Gasteiger partial charge < -0.3 is 14.8 Å². The Balaban J connectivity index is 4.00. The summed E-state index contributed by atoms with van der Waals surface area (Å²) >= 11 is 0. The van der Waals surface area contributed by atoms with E-state index < -0.39 is 0 Å². The third-order valence-electron chi connectivity index (χ3n) is 5.63. The van der Waals surface area contributed by atoms with Crippen molar-refractivity contribution >= 4 is 5.91 Å². The Bertz CT molecular complexity index is 355. The molecule has 0 aliphatic rings. The molecule has 1 amide bonds. The Kier molecular flexibility index (Phi) is 12.4. The van der Waals surface area contributed by atoms with Crippen LogP contribution in [0.5, 0.6) is 0 Å². The molecule has 1 unspecified atom stereocenters. The molecular formula is C21H43NO3. The molecule has 0 saturated heterocycles. The van der Waals surface area contributed by atoms with Gasteiger partial charge in [0, 0.05) is 32.8 Å². The highest BCUT2D eigenvalue weighted by Gasteiger charge is 2.26. The predicted octanol–water partition coefficient (Wildman–Crippen LogP) is 4.96. The van der Waals surface area contributed by atoms with Crippen LogP contribution >= 0.6 is 0 Å². The van der Waals surface area contributed by atoms with Crippen molar-refractivity contribution in [2.75, 3.05) is 26.4 Å². The summed E-state index contributed by atoms with van der Waals surface area (Å²) in [5.74, 6) is 0.780. The largest absolute Gasteiger partial charge is 0.382 e. The highest BCUT2D eigenvalue weighted by Crippen LogP contribution is 2.31. The summed E-state index contributed by atoms with van der Waals surface area (Å²) in [4.78, 5) is 11.9. The fraction of sp³-hybridized carbons (Fsp3) is 0.952. The van der Waals surface area contributed by atoms with E-state index in [1.54, 1.807) is 0 Å². The molecule has 0 aliphatic heterocycles. The number of ether oxygens (including phenoxy) is 2. The molecule has 0 heterocycles. The first kappa shape index (κ1) is 24.4. The van der Waals surface area contributed by atoms with Gasteiger partial charge in [-0.25, -0.2) is 0 Å². The fourth-order valence-electron chi connectivity index (χ4n) is 2.39. The van der Waals surface area contributed by atoms with Crippen LogP contribution in [0.1, 0.15) is 87.0 Å². The van der Waals surface area contributed by atoms with E-state index in [1.165, 1.54) is 0 Å². The van der Waals surface area contributed by atoms with Crippen molar-refractivity contribution in [2.24, 2.45) is 11.3 Å². The van der Waals surface area contributed by atoms with Gasteiger partial charge in [-0.2, -0.15) is 0 Å². The summed E-state index contributed by atoms with van der Waals surface area (Å²) in [5, 5.41) is 3.03. The van der Waals surface area contributed by atoms with Crippen molar-refractivity contribution in [3.05, 3.63) is 0 Å². The van der Waals surface area contributed by atoms with E-state index in [9.17, 15) is 4.79 Å². The molecule has 0 aliphatic carbocycles. The van der Waals surface area contributed by atoms with E-state index in [1.807, 2.05) is 6.92 Å². The van der Waals surface area contributed by atoms with E-state index >= 15 is 0 Å². The molecule has 1 N–H and O–H groups in total. The number of hydrogen-bond donors (Lipinski definition) is 1. The van der Waals surface area contributed by atoms with Gasteiger partial charge in [-0.05, 0) is 57.3 Å². The second kappa shape index (κ2) is 12.7. The average Bonchev–Trinajstić information content (AvgIpc) is 2.54. The predicted molar refractivity (Wildman–Crippen MR) is 106 cm³/mol. The van der Waals surface area contributed by atoms with Crippen LogP contribution in [-0.2, 0) is 14.3 Å².